The number of nitrogens with one attached hydrogen (secondary N) is 3. The molecule has 0 unspecified atom stereocenters. The van der Waals surface area contributed by atoms with E-state index >= 15 is 0 Å². The molecule has 0 heterocycles. The second kappa shape index (κ2) is 12.0. The molecule has 0 aliphatic heterocycles. The predicted octanol–water partition coefficient (Wildman–Crippen LogP) is 3.66. The van der Waals surface area contributed by atoms with Crippen molar-refractivity contribution >= 4 is 35.3 Å². The third-order valence-corrected chi connectivity index (χ3v) is 4.80. The first-order chi connectivity index (χ1) is 16.4. The topological polar surface area (TPSA) is 109 Å². The summed E-state index contributed by atoms with van der Waals surface area (Å²) in [6.45, 7) is 3.77. The number of nitrogens with zero attached hydrogens (tertiary/aromatic N) is 1. The lowest BCUT2D eigenvalue weighted by atomic mass is 10.1. The van der Waals surface area contributed by atoms with Crippen LogP contribution in [0.3, 0.4) is 0 Å². The molecule has 3 amide bonds. The molecule has 34 heavy (non-hydrogen) atoms. The van der Waals surface area contributed by atoms with E-state index < -0.39 is 11.8 Å². The number of hydrazone groups is 1. The zero-order chi connectivity index (χ0) is 24.3. The fourth-order valence-electron chi connectivity index (χ4n) is 3.01. The Bertz CT molecular complexity index is 1190. The van der Waals surface area contributed by atoms with Crippen molar-refractivity contribution in [2.75, 3.05) is 17.2 Å². The Morgan fingerprint density at radius 1 is 0.912 bits per heavy atom. The lowest BCUT2D eigenvalue weighted by molar-refractivity contribution is -0.136. The number of amides is 3. The Morgan fingerprint density at radius 2 is 1.68 bits per heavy atom. The van der Waals surface area contributed by atoms with Crippen LogP contribution in [-0.2, 0) is 20.8 Å². The van der Waals surface area contributed by atoms with Gasteiger partial charge in [0.05, 0.1) is 6.21 Å². The standard InChI is InChI=1S/C26H26N4O4/c1-3-20-8-4-5-10-23(20)29-25(32)26(33)30-27-16-19-7-6-9-22(15-19)34-17-24(31)28-21-13-11-18(2)12-14-21/h4-16H,3,17H2,1-2H3,(H,28,31)(H,29,32)(H,30,33)/b27-16-. The number of carbonyl (C=O) groups is 3. The molecule has 3 aromatic rings. The summed E-state index contributed by atoms with van der Waals surface area (Å²) in [4.78, 5) is 36.3. The van der Waals surface area contributed by atoms with Gasteiger partial charge in [-0.1, -0.05) is 55.0 Å². The number of hydrogen-bond acceptors (Lipinski definition) is 5. The van der Waals surface area contributed by atoms with Gasteiger partial charge in [-0.15, -0.1) is 0 Å². The highest BCUT2D eigenvalue weighted by atomic mass is 16.5. The van der Waals surface area contributed by atoms with Crippen LogP contribution in [0.1, 0.15) is 23.6 Å². The molecule has 0 aliphatic rings. The summed E-state index contributed by atoms with van der Waals surface area (Å²) in [7, 11) is 0. The zero-order valence-corrected chi connectivity index (χ0v) is 19.0. The molecule has 3 rings (SSSR count). The van der Waals surface area contributed by atoms with E-state index in [2.05, 4.69) is 21.2 Å². The minimum atomic E-state index is -0.887. The van der Waals surface area contributed by atoms with Crippen LogP contribution in [0.5, 0.6) is 5.75 Å². The summed E-state index contributed by atoms with van der Waals surface area (Å²) in [5.74, 6) is -1.52. The van der Waals surface area contributed by atoms with Crippen LogP contribution < -0.4 is 20.8 Å². The Hall–Kier alpha value is -4.46. The van der Waals surface area contributed by atoms with Gasteiger partial charge in [0.2, 0.25) is 0 Å². The van der Waals surface area contributed by atoms with E-state index in [9.17, 15) is 14.4 Å². The van der Waals surface area contributed by atoms with Crippen LogP contribution in [0.25, 0.3) is 0 Å². The first-order valence-electron chi connectivity index (χ1n) is 10.8. The maximum Gasteiger partial charge on any atom is 0.329 e. The summed E-state index contributed by atoms with van der Waals surface area (Å²) >= 11 is 0. The fourth-order valence-corrected chi connectivity index (χ4v) is 3.01. The van der Waals surface area contributed by atoms with Gasteiger partial charge in [-0.3, -0.25) is 14.4 Å². The summed E-state index contributed by atoms with van der Waals surface area (Å²) in [5, 5.41) is 9.17. The maximum atomic E-state index is 12.1. The van der Waals surface area contributed by atoms with Crippen LogP contribution in [0.2, 0.25) is 0 Å². The molecule has 8 nitrogen and oxygen atoms in total. The Labute approximate surface area is 198 Å². The fraction of sp³-hybridized carbons (Fsp3) is 0.154. The van der Waals surface area contributed by atoms with Gasteiger partial charge in [0.25, 0.3) is 5.91 Å². The van der Waals surface area contributed by atoms with Crippen molar-refractivity contribution in [2.24, 2.45) is 5.10 Å². The van der Waals surface area contributed by atoms with E-state index in [1.54, 1.807) is 36.4 Å². The van der Waals surface area contributed by atoms with E-state index in [0.29, 0.717) is 22.7 Å². The first kappa shape index (κ1) is 24.2. The van der Waals surface area contributed by atoms with Crippen molar-refractivity contribution in [2.45, 2.75) is 20.3 Å². The number of hydrogen-bond donors (Lipinski definition) is 3. The van der Waals surface area contributed by atoms with Gasteiger partial charge in [-0.05, 0) is 54.8 Å². The molecular formula is C26H26N4O4. The third kappa shape index (κ3) is 7.30. The first-order valence-corrected chi connectivity index (χ1v) is 10.8. The molecule has 174 valence electrons. The number of para-hydroxylation sites is 1. The van der Waals surface area contributed by atoms with Crippen molar-refractivity contribution in [3.63, 3.8) is 0 Å². The average Bonchev–Trinajstić information content (AvgIpc) is 2.84. The highest BCUT2D eigenvalue weighted by molar-refractivity contribution is 6.39. The lowest BCUT2D eigenvalue weighted by Gasteiger charge is -2.09. The summed E-state index contributed by atoms with van der Waals surface area (Å²) in [5.41, 5.74) is 6.13. The number of rotatable bonds is 8. The molecule has 0 fully saturated rings. The SMILES string of the molecule is CCc1ccccc1NC(=O)C(=O)N/N=C\c1cccc(OCC(=O)Nc2ccc(C)cc2)c1. The molecule has 0 bridgehead atoms. The van der Waals surface area contributed by atoms with Gasteiger partial charge in [0.1, 0.15) is 5.75 Å². The largest absolute Gasteiger partial charge is 0.484 e. The zero-order valence-electron chi connectivity index (χ0n) is 19.0. The van der Waals surface area contributed by atoms with Crippen molar-refractivity contribution in [1.29, 1.82) is 0 Å². The number of anilines is 2. The molecule has 0 saturated carbocycles. The molecule has 0 spiro atoms. The number of carbonyl (C=O) groups excluding carboxylic acids is 3. The molecular weight excluding hydrogens is 432 g/mol. The van der Waals surface area contributed by atoms with Crippen molar-refractivity contribution in [3.8, 4) is 5.75 Å². The monoisotopic (exact) mass is 458 g/mol. The van der Waals surface area contributed by atoms with Crippen LogP contribution in [-0.4, -0.2) is 30.5 Å². The Kier molecular flexibility index (Phi) is 8.51. The molecule has 3 N–H and O–H groups in total. The summed E-state index contributed by atoms with van der Waals surface area (Å²) in [6, 6.07) is 21.6. The predicted molar refractivity (Wildman–Crippen MR) is 132 cm³/mol. The van der Waals surface area contributed by atoms with E-state index in [4.69, 9.17) is 4.74 Å². The van der Waals surface area contributed by atoms with E-state index in [-0.39, 0.29) is 12.5 Å². The highest BCUT2D eigenvalue weighted by Crippen LogP contribution is 2.15. The van der Waals surface area contributed by atoms with Crippen LogP contribution in [0, 0.1) is 6.92 Å². The Balaban J connectivity index is 1.48. The van der Waals surface area contributed by atoms with Crippen LogP contribution in [0.4, 0.5) is 11.4 Å². The third-order valence-electron chi connectivity index (χ3n) is 4.80. The summed E-state index contributed by atoms with van der Waals surface area (Å²) < 4.78 is 5.53. The molecule has 3 aromatic carbocycles. The van der Waals surface area contributed by atoms with Crippen molar-refractivity contribution in [3.05, 3.63) is 89.5 Å². The Morgan fingerprint density at radius 3 is 2.44 bits per heavy atom. The lowest BCUT2D eigenvalue weighted by Crippen LogP contribution is -2.32. The molecule has 8 heteroatoms. The highest BCUT2D eigenvalue weighted by Gasteiger charge is 2.14. The second-order valence-electron chi connectivity index (χ2n) is 7.44. The van der Waals surface area contributed by atoms with E-state index in [1.807, 2.05) is 50.2 Å². The van der Waals surface area contributed by atoms with Crippen molar-refractivity contribution < 1.29 is 19.1 Å². The minimum Gasteiger partial charge on any atom is -0.484 e. The van der Waals surface area contributed by atoms with Gasteiger partial charge < -0.3 is 15.4 Å². The molecule has 0 saturated heterocycles. The number of aryl methyl sites for hydroxylation is 2. The van der Waals surface area contributed by atoms with Crippen molar-refractivity contribution in [1.82, 2.24) is 5.43 Å². The van der Waals surface area contributed by atoms with Gasteiger partial charge in [0, 0.05) is 11.4 Å². The van der Waals surface area contributed by atoms with Gasteiger partial charge in [0.15, 0.2) is 6.61 Å². The average molecular weight is 459 g/mol. The normalized spacial score (nSPS) is 10.5. The molecule has 0 aliphatic carbocycles. The van der Waals surface area contributed by atoms with Gasteiger partial charge >= 0.3 is 11.8 Å². The maximum absolute atomic E-state index is 12.1. The van der Waals surface area contributed by atoms with Gasteiger partial charge in [-0.25, -0.2) is 5.43 Å². The number of ether oxygens (including phenoxy) is 1. The van der Waals surface area contributed by atoms with E-state index in [1.165, 1.54) is 6.21 Å². The van der Waals surface area contributed by atoms with Crippen LogP contribution in [0.15, 0.2) is 77.9 Å². The number of benzene rings is 3. The molecule has 0 aromatic heterocycles. The van der Waals surface area contributed by atoms with E-state index in [0.717, 1.165) is 17.5 Å². The van der Waals surface area contributed by atoms with Crippen LogP contribution >= 0.6 is 0 Å². The quantitative estimate of drug-likeness (QED) is 0.272. The molecule has 0 radical (unpaired) electrons. The smallest absolute Gasteiger partial charge is 0.329 e. The summed E-state index contributed by atoms with van der Waals surface area (Å²) in [6.07, 6.45) is 2.10. The molecule has 0 atom stereocenters. The van der Waals surface area contributed by atoms with Gasteiger partial charge in [-0.2, -0.15) is 5.10 Å². The minimum absolute atomic E-state index is 0.162. The second-order valence-corrected chi connectivity index (χ2v) is 7.44.